The molecule has 1 aromatic carbocycles. The summed E-state index contributed by atoms with van der Waals surface area (Å²) in [6.07, 6.45) is 0. The minimum atomic E-state index is -0.447. The Hall–Kier alpha value is -2.15. The Morgan fingerprint density at radius 1 is 1.44 bits per heavy atom. The third kappa shape index (κ3) is 1.57. The first kappa shape index (κ1) is 10.4. The van der Waals surface area contributed by atoms with Crippen molar-refractivity contribution in [2.75, 3.05) is 0 Å². The summed E-state index contributed by atoms with van der Waals surface area (Å²) in [5.41, 5.74) is 1.07. The van der Waals surface area contributed by atoms with Gasteiger partial charge in [0.2, 0.25) is 0 Å². The second kappa shape index (κ2) is 3.78. The van der Waals surface area contributed by atoms with Crippen molar-refractivity contribution >= 4 is 10.9 Å². The summed E-state index contributed by atoms with van der Waals surface area (Å²) in [6.45, 7) is 1.90. The molecule has 0 saturated heterocycles. The molecule has 2 aromatic rings. The van der Waals surface area contributed by atoms with Gasteiger partial charge in [0, 0.05) is 17.1 Å². The first-order valence-electron chi connectivity index (χ1n) is 4.80. The fourth-order valence-electron chi connectivity index (χ4n) is 1.76. The predicted octanol–water partition coefficient (Wildman–Crippen LogP) is 1.97. The van der Waals surface area contributed by atoms with E-state index in [1.54, 1.807) is 11.5 Å². The smallest absolute Gasteiger partial charge is 0.189 e. The maximum atomic E-state index is 13.0. The standard InChI is InChI=1S/C12H9FN2O/c1-8-6-12(16)10-7-9(13)2-3-11(10)15(8)5-4-14/h2-3,6-7H,5H2,1H3. The van der Waals surface area contributed by atoms with E-state index in [4.69, 9.17) is 5.26 Å². The van der Waals surface area contributed by atoms with Gasteiger partial charge in [-0.25, -0.2) is 4.39 Å². The van der Waals surface area contributed by atoms with E-state index in [0.717, 1.165) is 0 Å². The molecular weight excluding hydrogens is 207 g/mol. The Labute approximate surface area is 91.4 Å². The van der Waals surface area contributed by atoms with Crippen LogP contribution in [0.5, 0.6) is 0 Å². The number of fused-ring (bicyclic) bond motifs is 1. The maximum absolute atomic E-state index is 13.0. The lowest BCUT2D eigenvalue weighted by Gasteiger charge is -2.10. The summed E-state index contributed by atoms with van der Waals surface area (Å²) in [7, 11) is 0. The molecule has 0 bridgehead atoms. The van der Waals surface area contributed by atoms with Gasteiger partial charge in [-0.05, 0) is 25.1 Å². The Morgan fingerprint density at radius 3 is 2.88 bits per heavy atom. The van der Waals surface area contributed by atoms with Crippen LogP contribution in [0.3, 0.4) is 0 Å². The van der Waals surface area contributed by atoms with Gasteiger partial charge in [-0.2, -0.15) is 5.26 Å². The predicted molar refractivity (Wildman–Crippen MR) is 58.5 cm³/mol. The van der Waals surface area contributed by atoms with Crippen LogP contribution in [0.15, 0.2) is 29.1 Å². The number of pyridine rings is 1. The number of halogens is 1. The molecule has 0 atom stereocenters. The van der Waals surface area contributed by atoms with Crippen molar-refractivity contribution in [3.63, 3.8) is 0 Å². The van der Waals surface area contributed by atoms with Crippen LogP contribution in [0, 0.1) is 24.1 Å². The van der Waals surface area contributed by atoms with Crippen LogP contribution in [-0.4, -0.2) is 4.57 Å². The zero-order valence-electron chi connectivity index (χ0n) is 8.70. The van der Waals surface area contributed by atoms with Crippen molar-refractivity contribution in [2.45, 2.75) is 13.5 Å². The lowest BCUT2D eigenvalue weighted by atomic mass is 10.1. The number of hydrogen-bond donors (Lipinski definition) is 0. The molecule has 4 heteroatoms. The topological polar surface area (TPSA) is 45.8 Å². The third-order valence-electron chi connectivity index (χ3n) is 2.51. The number of benzene rings is 1. The summed E-state index contributed by atoms with van der Waals surface area (Å²) in [4.78, 5) is 11.6. The summed E-state index contributed by atoms with van der Waals surface area (Å²) < 4.78 is 14.7. The van der Waals surface area contributed by atoms with Crippen LogP contribution in [0.1, 0.15) is 5.69 Å². The summed E-state index contributed by atoms with van der Waals surface area (Å²) >= 11 is 0. The van der Waals surface area contributed by atoms with Crippen molar-refractivity contribution in [1.82, 2.24) is 4.57 Å². The van der Waals surface area contributed by atoms with Crippen LogP contribution in [0.25, 0.3) is 10.9 Å². The van der Waals surface area contributed by atoms with Crippen LogP contribution in [0.2, 0.25) is 0 Å². The van der Waals surface area contributed by atoms with Gasteiger partial charge in [0.15, 0.2) is 5.43 Å². The lowest BCUT2D eigenvalue weighted by molar-refractivity contribution is 0.629. The van der Waals surface area contributed by atoms with Crippen molar-refractivity contribution in [1.29, 1.82) is 5.26 Å². The van der Waals surface area contributed by atoms with Crippen LogP contribution in [-0.2, 0) is 6.54 Å². The van der Waals surface area contributed by atoms with Crippen LogP contribution >= 0.6 is 0 Å². The van der Waals surface area contributed by atoms with Gasteiger partial charge in [-0.15, -0.1) is 0 Å². The number of nitrogens with zero attached hydrogens (tertiary/aromatic N) is 2. The Morgan fingerprint density at radius 2 is 2.19 bits per heavy atom. The van der Waals surface area contributed by atoms with Crippen LogP contribution < -0.4 is 5.43 Å². The molecule has 80 valence electrons. The van der Waals surface area contributed by atoms with E-state index in [2.05, 4.69) is 0 Å². The van der Waals surface area contributed by atoms with E-state index in [0.29, 0.717) is 16.6 Å². The quantitative estimate of drug-likeness (QED) is 0.731. The van der Waals surface area contributed by atoms with Gasteiger partial charge in [0.25, 0.3) is 0 Å². The molecule has 2 rings (SSSR count). The van der Waals surface area contributed by atoms with Crippen LogP contribution in [0.4, 0.5) is 4.39 Å². The second-order valence-electron chi connectivity index (χ2n) is 3.56. The van der Waals surface area contributed by atoms with Crippen molar-refractivity contribution in [3.05, 3.63) is 46.0 Å². The lowest BCUT2D eigenvalue weighted by Crippen LogP contribution is -2.11. The van der Waals surface area contributed by atoms with Crippen molar-refractivity contribution in [3.8, 4) is 6.07 Å². The molecule has 0 N–H and O–H groups in total. The molecule has 0 unspecified atom stereocenters. The molecule has 0 radical (unpaired) electrons. The number of nitriles is 1. The van der Waals surface area contributed by atoms with E-state index in [1.165, 1.54) is 24.3 Å². The molecule has 0 aliphatic rings. The highest BCUT2D eigenvalue weighted by atomic mass is 19.1. The molecule has 16 heavy (non-hydrogen) atoms. The van der Waals surface area contributed by atoms with E-state index >= 15 is 0 Å². The highest BCUT2D eigenvalue weighted by molar-refractivity contribution is 5.79. The fraction of sp³-hybridized carbons (Fsp3) is 0.167. The molecule has 1 heterocycles. The number of hydrogen-bond acceptors (Lipinski definition) is 2. The van der Waals surface area contributed by atoms with E-state index < -0.39 is 5.82 Å². The minimum Gasteiger partial charge on any atom is -0.331 e. The normalized spacial score (nSPS) is 10.3. The first-order chi connectivity index (χ1) is 7.63. The SMILES string of the molecule is Cc1cc(=O)c2cc(F)ccc2n1CC#N. The largest absolute Gasteiger partial charge is 0.331 e. The monoisotopic (exact) mass is 216 g/mol. The average molecular weight is 216 g/mol. The average Bonchev–Trinajstić information content (AvgIpc) is 2.24. The summed E-state index contributed by atoms with van der Waals surface area (Å²) in [6, 6.07) is 7.44. The van der Waals surface area contributed by atoms with Gasteiger partial charge in [-0.1, -0.05) is 0 Å². The Kier molecular flexibility index (Phi) is 2.45. The minimum absolute atomic E-state index is 0.147. The Bertz CT molecular complexity index is 652. The second-order valence-corrected chi connectivity index (χ2v) is 3.56. The summed E-state index contributed by atoms with van der Waals surface area (Å²) in [5, 5.41) is 9.01. The molecule has 3 nitrogen and oxygen atoms in total. The molecule has 1 aromatic heterocycles. The van der Waals surface area contributed by atoms with Gasteiger partial charge >= 0.3 is 0 Å². The van der Waals surface area contributed by atoms with E-state index in [9.17, 15) is 9.18 Å². The summed E-state index contributed by atoms with van der Waals surface area (Å²) in [5.74, 6) is -0.447. The van der Waals surface area contributed by atoms with Crippen molar-refractivity contribution < 1.29 is 4.39 Å². The molecular formula is C12H9FN2O. The molecule has 0 aliphatic heterocycles. The zero-order valence-corrected chi connectivity index (χ0v) is 8.70. The zero-order chi connectivity index (χ0) is 11.7. The van der Waals surface area contributed by atoms with Crippen molar-refractivity contribution in [2.24, 2.45) is 0 Å². The fourth-order valence-corrected chi connectivity index (χ4v) is 1.76. The maximum Gasteiger partial charge on any atom is 0.189 e. The first-order valence-corrected chi connectivity index (χ1v) is 4.80. The highest BCUT2D eigenvalue weighted by Crippen LogP contribution is 2.14. The van der Waals surface area contributed by atoms with E-state index in [1.807, 2.05) is 6.07 Å². The van der Waals surface area contributed by atoms with Gasteiger partial charge in [0.1, 0.15) is 12.4 Å². The van der Waals surface area contributed by atoms with Gasteiger partial charge in [-0.3, -0.25) is 4.79 Å². The number of aromatic nitrogens is 1. The molecule has 0 amide bonds. The third-order valence-corrected chi connectivity index (χ3v) is 2.51. The highest BCUT2D eigenvalue weighted by Gasteiger charge is 2.06. The molecule has 0 aliphatic carbocycles. The van der Waals surface area contributed by atoms with E-state index in [-0.39, 0.29) is 12.0 Å². The molecule has 0 fully saturated rings. The Balaban J connectivity index is 2.91. The molecule has 0 spiro atoms. The van der Waals surface area contributed by atoms with Gasteiger partial charge in [0.05, 0.1) is 11.6 Å². The van der Waals surface area contributed by atoms with Gasteiger partial charge < -0.3 is 4.57 Å². The number of aryl methyl sites for hydroxylation is 1. The number of rotatable bonds is 1. The molecule has 0 saturated carbocycles.